The number of Topliss-reactive ketones (excluding diaryl/α,β-unsaturated/α-hetero) is 3. The second kappa shape index (κ2) is 29.0. The van der Waals surface area contributed by atoms with Crippen molar-refractivity contribution in [3.05, 3.63) is 0 Å². The van der Waals surface area contributed by atoms with Crippen LogP contribution in [0.2, 0.25) is 0 Å². The molecule has 0 aromatic heterocycles. The van der Waals surface area contributed by atoms with Crippen molar-refractivity contribution in [2.75, 3.05) is 19.6 Å². The molecular formula is C24H45FeN3O6. The van der Waals surface area contributed by atoms with Crippen LogP contribution >= 0.6 is 0 Å². The molecule has 0 heterocycles. The molecule has 9 nitrogen and oxygen atoms in total. The first-order valence-electron chi connectivity index (χ1n) is 11.8. The summed E-state index contributed by atoms with van der Waals surface area (Å²) in [7, 11) is 0. The molecule has 0 atom stereocenters. The van der Waals surface area contributed by atoms with Gasteiger partial charge in [0.05, 0.1) is 19.3 Å². The van der Waals surface area contributed by atoms with E-state index in [0.717, 1.165) is 38.5 Å². The minimum atomic E-state index is -0.161. The fourth-order valence-corrected chi connectivity index (χ4v) is 2.08. The van der Waals surface area contributed by atoms with E-state index in [-0.39, 0.29) is 71.4 Å². The Morgan fingerprint density at radius 3 is 0.824 bits per heavy atom. The van der Waals surface area contributed by atoms with Gasteiger partial charge in [-0.3, -0.25) is 28.8 Å². The van der Waals surface area contributed by atoms with Crippen LogP contribution in [0, 0.1) is 0 Å². The van der Waals surface area contributed by atoms with Gasteiger partial charge in [0, 0.05) is 36.7 Å². The summed E-state index contributed by atoms with van der Waals surface area (Å²) < 4.78 is 0. The summed E-state index contributed by atoms with van der Waals surface area (Å²) in [5, 5.41) is 7.97. The number of unbranched alkanes of at least 4 members (excludes halogenated alkanes) is 3. The van der Waals surface area contributed by atoms with Crippen molar-refractivity contribution in [2.45, 2.75) is 99.3 Å². The Morgan fingerprint density at radius 2 is 0.676 bits per heavy atom. The minimum Gasteiger partial charge on any atom is -0.356 e. The Morgan fingerprint density at radius 1 is 0.471 bits per heavy atom. The molecule has 0 unspecified atom stereocenters. The van der Waals surface area contributed by atoms with E-state index >= 15 is 0 Å². The Balaban J connectivity index is -0.000000196. The molecule has 0 aliphatic carbocycles. The van der Waals surface area contributed by atoms with Crippen LogP contribution in [-0.2, 0) is 45.8 Å². The standard InChI is InChI=1S/3C8H15NO2.Fe/c3*1-3-4-5-9-8(11)6-7(2)10;/h3*3-6H2,1-2H3,(H,9,11);. The average Bonchev–Trinajstić information content (AvgIpc) is 2.68. The maximum atomic E-state index is 10.8. The number of hydrogen-bond donors (Lipinski definition) is 3. The molecule has 0 aliphatic rings. The summed E-state index contributed by atoms with van der Waals surface area (Å²) in [6, 6.07) is 0. The van der Waals surface area contributed by atoms with Gasteiger partial charge in [-0.15, -0.1) is 0 Å². The monoisotopic (exact) mass is 527 g/mol. The van der Waals surface area contributed by atoms with Crippen LogP contribution in [-0.4, -0.2) is 54.7 Å². The van der Waals surface area contributed by atoms with Gasteiger partial charge >= 0.3 is 0 Å². The molecule has 10 heteroatoms. The van der Waals surface area contributed by atoms with E-state index < -0.39 is 0 Å². The number of amides is 3. The zero-order valence-electron chi connectivity index (χ0n) is 21.8. The maximum absolute atomic E-state index is 10.8. The predicted octanol–water partition coefficient (Wildman–Crippen LogP) is 2.64. The maximum Gasteiger partial charge on any atom is 0.227 e. The van der Waals surface area contributed by atoms with Gasteiger partial charge in [0.1, 0.15) is 17.3 Å². The Kier molecular flexibility index (Phi) is 33.4. The van der Waals surface area contributed by atoms with Gasteiger partial charge < -0.3 is 16.0 Å². The summed E-state index contributed by atoms with van der Waals surface area (Å²) in [6.45, 7) is 12.5. The quantitative estimate of drug-likeness (QED) is 0.170. The largest absolute Gasteiger partial charge is 0.356 e. The van der Waals surface area contributed by atoms with E-state index in [9.17, 15) is 28.8 Å². The van der Waals surface area contributed by atoms with Crippen LogP contribution in [0.5, 0.6) is 0 Å². The van der Waals surface area contributed by atoms with Gasteiger partial charge in [0.2, 0.25) is 17.7 Å². The van der Waals surface area contributed by atoms with Gasteiger partial charge in [-0.05, 0) is 40.0 Å². The molecule has 0 aromatic carbocycles. The van der Waals surface area contributed by atoms with Crippen molar-refractivity contribution in [1.29, 1.82) is 0 Å². The van der Waals surface area contributed by atoms with Gasteiger partial charge in [-0.25, -0.2) is 0 Å². The van der Waals surface area contributed by atoms with Gasteiger partial charge in [-0.2, -0.15) is 0 Å². The van der Waals surface area contributed by atoms with Crippen molar-refractivity contribution in [1.82, 2.24) is 16.0 Å². The summed E-state index contributed by atoms with van der Waals surface area (Å²) >= 11 is 0. The van der Waals surface area contributed by atoms with E-state index in [2.05, 4.69) is 36.7 Å². The number of hydrogen-bond acceptors (Lipinski definition) is 6. The van der Waals surface area contributed by atoms with Crippen LogP contribution in [0.25, 0.3) is 0 Å². The number of ketones is 3. The van der Waals surface area contributed by atoms with Crippen LogP contribution in [0.1, 0.15) is 99.3 Å². The van der Waals surface area contributed by atoms with Crippen LogP contribution in [0.15, 0.2) is 0 Å². The molecule has 0 rings (SSSR count). The second-order valence-corrected chi connectivity index (χ2v) is 7.75. The number of nitrogens with one attached hydrogen (secondary N) is 3. The fourth-order valence-electron chi connectivity index (χ4n) is 2.08. The zero-order chi connectivity index (χ0) is 26.1. The normalized spacial score (nSPS) is 9.00. The molecule has 200 valence electrons. The molecule has 3 amide bonds. The van der Waals surface area contributed by atoms with E-state index in [0.29, 0.717) is 19.6 Å². The van der Waals surface area contributed by atoms with Crippen LogP contribution in [0.4, 0.5) is 0 Å². The first-order valence-corrected chi connectivity index (χ1v) is 11.8. The third-order valence-corrected chi connectivity index (χ3v) is 3.79. The SMILES string of the molecule is CCCCNC(=O)CC(C)=O.CCCCNC(=O)CC(C)=O.CCCCNC(=O)CC(C)=O.[Fe]. The number of carbonyl (C=O) groups excluding carboxylic acids is 6. The molecule has 0 radical (unpaired) electrons. The molecule has 0 aromatic rings. The van der Waals surface area contributed by atoms with Crippen molar-refractivity contribution in [3.63, 3.8) is 0 Å². The summed E-state index contributed by atoms with van der Waals surface area (Å²) in [5.41, 5.74) is 0. The van der Waals surface area contributed by atoms with E-state index in [1.54, 1.807) is 0 Å². The number of rotatable bonds is 15. The van der Waals surface area contributed by atoms with Gasteiger partial charge in [0.15, 0.2) is 0 Å². The summed E-state index contributed by atoms with van der Waals surface area (Å²) in [4.78, 5) is 63.7. The van der Waals surface area contributed by atoms with Gasteiger partial charge in [-0.1, -0.05) is 40.0 Å². The summed E-state index contributed by atoms with van der Waals surface area (Å²) in [5.74, 6) is -0.736. The average molecular weight is 527 g/mol. The molecule has 34 heavy (non-hydrogen) atoms. The van der Waals surface area contributed by atoms with E-state index in [4.69, 9.17) is 0 Å². The Bertz CT molecular complexity index is 516. The van der Waals surface area contributed by atoms with Gasteiger partial charge in [0.25, 0.3) is 0 Å². The van der Waals surface area contributed by atoms with Crippen molar-refractivity contribution >= 4 is 35.1 Å². The predicted molar refractivity (Wildman–Crippen MR) is 130 cm³/mol. The molecule has 0 fully saturated rings. The minimum absolute atomic E-state index is 0. The third-order valence-electron chi connectivity index (χ3n) is 3.79. The Hall–Kier alpha value is -2.06. The van der Waals surface area contributed by atoms with Crippen molar-refractivity contribution in [3.8, 4) is 0 Å². The van der Waals surface area contributed by atoms with Crippen molar-refractivity contribution in [2.24, 2.45) is 0 Å². The van der Waals surface area contributed by atoms with E-state index in [1.807, 2.05) is 0 Å². The first kappa shape index (κ1) is 39.2. The Labute approximate surface area is 215 Å². The third kappa shape index (κ3) is 40.3. The second-order valence-electron chi connectivity index (χ2n) is 7.75. The topological polar surface area (TPSA) is 139 Å². The van der Waals surface area contributed by atoms with Crippen LogP contribution in [0.3, 0.4) is 0 Å². The number of carbonyl (C=O) groups is 6. The molecule has 0 aliphatic heterocycles. The molecular weight excluding hydrogens is 482 g/mol. The van der Waals surface area contributed by atoms with Crippen LogP contribution < -0.4 is 16.0 Å². The zero-order valence-corrected chi connectivity index (χ0v) is 22.9. The van der Waals surface area contributed by atoms with E-state index in [1.165, 1.54) is 20.8 Å². The first-order chi connectivity index (χ1) is 15.5. The molecule has 0 spiro atoms. The molecule has 0 bridgehead atoms. The fraction of sp³-hybridized carbons (Fsp3) is 0.750. The summed E-state index contributed by atoms with van der Waals surface area (Å²) in [6.07, 6.45) is 6.15. The molecule has 3 N–H and O–H groups in total. The van der Waals surface area contributed by atoms with Crippen molar-refractivity contribution < 1.29 is 45.8 Å². The molecule has 0 saturated heterocycles. The molecule has 0 saturated carbocycles. The smallest absolute Gasteiger partial charge is 0.227 e.